The summed E-state index contributed by atoms with van der Waals surface area (Å²) in [6.45, 7) is 23.9. The van der Waals surface area contributed by atoms with E-state index in [1.54, 1.807) is 0 Å². The van der Waals surface area contributed by atoms with Gasteiger partial charge in [0.25, 0.3) is 0 Å². The highest BCUT2D eigenvalue weighted by atomic mass is 28.4. The van der Waals surface area contributed by atoms with E-state index in [4.69, 9.17) is 51.2 Å². The monoisotopic (exact) mass is 761 g/mol. The number of anilines is 3. The Balaban J connectivity index is 2.98. The van der Waals surface area contributed by atoms with Crippen LogP contribution in [0.25, 0.3) is 0 Å². The standard InChI is InChI=1S/C32H76N16O3Si/c1-4-49-52(50-5-2,51-6-3)29-7-12-41-30-44-31(42-21-27-47(23-17-37-13-8-33)24-18-38-14-9-34)46-32(45-30)43-22-28-48(25-19-39-15-10-35)26-20-40-16-11-36/h37-40H,4-29,33-36H2,1-3H3,(H3,41,42,43,44,45,46). The Morgan fingerprint density at radius 1 is 0.462 bits per heavy atom. The number of nitrogens with zero attached hydrogens (tertiary/aromatic N) is 5. The first-order valence-electron chi connectivity index (χ1n) is 19.5. The Kier molecular flexibility index (Phi) is 31.2. The molecule has 0 radical (unpaired) electrons. The second kappa shape index (κ2) is 33.7. The van der Waals surface area contributed by atoms with E-state index >= 15 is 0 Å². The van der Waals surface area contributed by atoms with Crippen molar-refractivity contribution in [1.82, 2.24) is 46.0 Å². The molecule has 0 aliphatic carbocycles. The van der Waals surface area contributed by atoms with Gasteiger partial charge in [0.05, 0.1) is 0 Å². The van der Waals surface area contributed by atoms with Gasteiger partial charge in [-0.15, -0.1) is 0 Å². The summed E-state index contributed by atoms with van der Waals surface area (Å²) in [4.78, 5) is 19.0. The van der Waals surface area contributed by atoms with Crippen LogP contribution in [0.2, 0.25) is 6.04 Å². The molecule has 1 aromatic rings. The van der Waals surface area contributed by atoms with E-state index in [9.17, 15) is 0 Å². The van der Waals surface area contributed by atoms with Crippen molar-refractivity contribution in [3.05, 3.63) is 0 Å². The van der Waals surface area contributed by atoms with Crippen LogP contribution < -0.4 is 60.2 Å². The van der Waals surface area contributed by atoms with E-state index in [2.05, 4.69) is 47.0 Å². The molecule has 0 aromatic carbocycles. The van der Waals surface area contributed by atoms with Gasteiger partial charge in [-0.05, 0) is 27.2 Å². The molecule has 0 spiro atoms. The molecular weight excluding hydrogens is 685 g/mol. The molecule has 0 amide bonds. The number of hydrogen-bond donors (Lipinski definition) is 11. The lowest BCUT2D eigenvalue weighted by molar-refractivity contribution is 0.0710. The van der Waals surface area contributed by atoms with Crippen LogP contribution in [0, 0.1) is 0 Å². The maximum Gasteiger partial charge on any atom is 0.500 e. The van der Waals surface area contributed by atoms with Crippen LogP contribution in [0.4, 0.5) is 17.8 Å². The third kappa shape index (κ3) is 24.4. The fourth-order valence-corrected chi connectivity index (χ4v) is 7.91. The minimum absolute atomic E-state index is 0.499. The average molecular weight is 761 g/mol. The van der Waals surface area contributed by atoms with Crippen molar-refractivity contribution in [1.29, 1.82) is 0 Å². The van der Waals surface area contributed by atoms with Gasteiger partial charge in [-0.2, -0.15) is 15.0 Å². The molecule has 1 aromatic heterocycles. The van der Waals surface area contributed by atoms with E-state index in [0.717, 1.165) is 98.0 Å². The summed E-state index contributed by atoms with van der Waals surface area (Å²) in [7, 11) is -2.74. The van der Waals surface area contributed by atoms with Gasteiger partial charge >= 0.3 is 8.80 Å². The smallest absolute Gasteiger partial charge is 0.374 e. The Hall–Kier alpha value is -1.89. The maximum atomic E-state index is 6.03. The SMILES string of the molecule is CCO[Si](CCCNc1nc(NCCN(CCNCCN)CCNCCN)nc(NCCN(CCNCCN)CCNCCN)n1)(OCC)OCC. The maximum absolute atomic E-state index is 6.03. The Labute approximate surface area is 314 Å². The molecule has 0 atom stereocenters. The predicted octanol–water partition coefficient (Wildman–Crippen LogP) is -2.66. The normalized spacial score (nSPS) is 11.9. The summed E-state index contributed by atoms with van der Waals surface area (Å²) in [5.41, 5.74) is 22.6. The second-order valence-corrected chi connectivity index (χ2v) is 14.7. The Morgan fingerprint density at radius 3 is 1.08 bits per heavy atom. The van der Waals surface area contributed by atoms with Crippen molar-refractivity contribution >= 4 is 26.6 Å². The van der Waals surface area contributed by atoms with E-state index in [1.165, 1.54) is 0 Å². The van der Waals surface area contributed by atoms with Crippen molar-refractivity contribution in [3.8, 4) is 0 Å². The minimum Gasteiger partial charge on any atom is -0.374 e. The lowest BCUT2D eigenvalue weighted by atomic mass is 10.4. The summed E-state index contributed by atoms with van der Waals surface area (Å²) in [5.74, 6) is 1.52. The van der Waals surface area contributed by atoms with E-state index in [-0.39, 0.29) is 0 Å². The molecule has 15 N–H and O–H groups in total. The molecule has 0 saturated carbocycles. The predicted molar refractivity (Wildman–Crippen MR) is 216 cm³/mol. The highest BCUT2D eigenvalue weighted by molar-refractivity contribution is 6.60. The van der Waals surface area contributed by atoms with Crippen molar-refractivity contribution < 1.29 is 13.3 Å². The molecule has 0 aliphatic heterocycles. The number of rotatable bonds is 39. The average Bonchev–Trinajstić information content (AvgIpc) is 3.13. The lowest BCUT2D eigenvalue weighted by Gasteiger charge is -2.28. The summed E-state index contributed by atoms with van der Waals surface area (Å²) in [6, 6.07) is 0.697. The Morgan fingerprint density at radius 2 is 0.769 bits per heavy atom. The molecule has 0 fully saturated rings. The molecule has 0 unspecified atom stereocenters. The third-order valence-electron chi connectivity index (χ3n) is 7.80. The summed E-state index contributed by atoms with van der Waals surface area (Å²) < 4.78 is 18.1. The number of nitrogens with two attached hydrogens (primary N) is 4. The summed E-state index contributed by atoms with van der Waals surface area (Å²) >= 11 is 0. The number of hydrogen-bond acceptors (Lipinski definition) is 19. The molecule has 306 valence electrons. The van der Waals surface area contributed by atoms with E-state index in [1.807, 2.05) is 20.8 Å². The fourth-order valence-electron chi connectivity index (χ4n) is 5.30. The van der Waals surface area contributed by atoms with Gasteiger partial charge in [-0.25, -0.2) is 0 Å². The zero-order valence-corrected chi connectivity index (χ0v) is 33.7. The molecule has 20 heteroatoms. The van der Waals surface area contributed by atoms with E-state index < -0.39 is 8.80 Å². The van der Waals surface area contributed by atoms with Crippen LogP contribution in [-0.2, 0) is 13.3 Å². The molecular formula is C32H76N16O3Si. The number of aromatic nitrogens is 3. The van der Waals surface area contributed by atoms with Gasteiger partial charge in [0, 0.05) is 163 Å². The van der Waals surface area contributed by atoms with Crippen LogP contribution >= 0.6 is 0 Å². The third-order valence-corrected chi connectivity index (χ3v) is 10.9. The minimum atomic E-state index is -2.74. The first kappa shape index (κ1) is 48.1. The molecule has 19 nitrogen and oxygen atoms in total. The van der Waals surface area contributed by atoms with Gasteiger partial charge in [0.2, 0.25) is 17.8 Å². The van der Waals surface area contributed by atoms with Gasteiger partial charge in [-0.3, -0.25) is 9.80 Å². The number of nitrogens with one attached hydrogen (secondary N) is 7. The molecule has 1 rings (SSSR count). The van der Waals surface area contributed by atoms with Crippen LogP contribution in [-0.4, -0.2) is 191 Å². The second-order valence-electron chi connectivity index (χ2n) is 12.0. The van der Waals surface area contributed by atoms with Crippen LogP contribution in [0.15, 0.2) is 0 Å². The highest BCUT2D eigenvalue weighted by Gasteiger charge is 2.39. The van der Waals surface area contributed by atoms with Gasteiger partial charge in [-0.1, -0.05) is 0 Å². The van der Waals surface area contributed by atoms with Crippen LogP contribution in [0.5, 0.6) is 0 Å². The molecule has 0 bridgehead atoms. The van der Waals surface area contributed by atoms with Crippen molar-refractivity contribution in [2.75, 3.05) is 173 Å². The van der Waals surface area contributed by atoms with Gasteiger partial charge in [0.1, 0.15) is 0 Å². The Bertz CT molecular complexity index is 854. The van der Waals surface area contributed by atoms with Crippen molar-refractivity contribution in [3.63, 3.8) is 0 Å². The van der Waals surface area contributed by atoms with Crippen molar-refractivity contribution in [2.24, 2.45) is 22.9 Å². The first-order valence-corrected chi connectivity index (χ1v) is 21.4. The quantitative estimate of drug-likeness (QED) is 0.0242. The van der Waals surface area contributed by atoms with Crippen LogP contribution in [0.3, 0.4) is 0 Å². The van der Waals surface area contributed by atoms with Crippen molar-refractivity contribution in [2.45, 2.75) is 33.2 Å². The zero-order chi connectivity index (χ0) is 38.0. The summed E-state index contributed by atoms with van der Waals surface area (Å²) in [5, 5.41) is 23.8. The zero-order valence-electron chi connectivity index (χ0n) is 32.7. The van der Waals surface area contributed by atoms with Gasteiger partial charge in [0.15, 0.2) is 0 Å². The largest absolute Gasteiger partial charge is 0.500 e. The lowest BCUT2D eigenvalue weighted by Crippen LogP contribution is -2.46. The van der Waals surface area contributed by atoms with Crippen LogP contribution in [0.1, 0.15) is 27.2 Å². The molecule has 1 heterocycles. The molecule has 0 aliphatic rings. The fraction of sp³-hybridized carbons (Fsp3) is 0.906. The van der Waals surface area contributed by atoms with Gasteiger partial charge < -0.3 is 73.4 Å². The molecule has 52 heavy (non-hydrogen) atoms. The molecule has 0 saturated heterocycles. The topological polar surface area (TPSA) is 261 Å². The summed E-state index contributed by atoms with van der Waals surface area (Å²) in [6.07, 6.45) is 0.778. The van der Waals surface area contributed by atoms with E-state index in [0.29, 0.717) is 89.5 Å². The highest BCUT2D eigenvalue weighted by Crippen LogP contribution is 2.18. The first-order chi connectivity index (χ1) is 25.5.